The maximum atomic E-state index is 11.3. The first-order valence-corrected chi connectivity index (χ1v) is 6.14. The number of hydrogen-bond acceptors (Lipinski definition) is 6. The van der Waals surface area contributed by atoms with Crippen LogP contribution in [0, 0.1) is 0 Å². The second-order valence-electron chi connectivity index (χ2n) is 4.79. The molecule has 1 aromatic rings. The van der Waals surface area contributed by atoms with Crippen LogP contribution in [-0.4, -0.2) is 46.6 Å². The van der Waals surface area contributed by atoms with Gasteiger partial charge in [-0.3, -0.25) is 9.69 Å². The lowest BCUT2D eigenvalue weighted by Gasteiger charge is -2.32. The van der Waals surface area contributed by atoms with E-state index in [0.29, 0.717) is 24.8 Å². The number of aromatic nitrogens is 2. The Labute approximate surface area is 106 Å². The highest BCUT2D eigenvalue weighted by molar-refractivity contribution is 5.80. The predicted molar refractivity (Wildman–Crippen MR) is 64.6 cm³/mol. The van der Waals surface area contributed by atoms with Gasteiger partial charge in [-0.25, -0.2) is 0 Å². The highest BCUT2D eigenvalue weighted by Gasteiger charge is 2.28. The van der Waals surface area contributed by atoms with Crippen molar-refractivity contribution >= 4 is 5.91 Å². The number of nitrogens with one attached hydrogen (secondary N) is 1. The lowest BCUT2D eigenvalue weighted by atomic mass is 10.2. The van der Waals surface area contributed by atoms with Crippen molar-refractivity contribution in [3.63, 3.8) is 0 Å². The molecule has 1 fully saturated rings. The van der Waals surface area contributed by atoms with Gasteiger partial charge < -0.3 is 15.6 Å². The highest BCUT2D eigenvalue weighted by Crippen LogP contribution is 2.13. The van der Waals surface area contributed by atoms with Gasteiger partial charge in [-0.05, 0) is 0 Å². The topological polar surface area (TPSA) is 97.3 Å². The summed E-state index contributed by atoms with van der Waals surface area (Å²) in [5, 5.41) is 7.05. The molecule has 0 spiro atoms. The molecule has 2 heterocycles. The predicted octanol–water partition coefficient (Wildman–Crippen LogP) is -0.548. The van der Waals surface area contributed by atoms with Crippen LogP contribution in [0.4, 0.5) is 0 Å². The fourth-order valence-corrected chi connectivity index (χ4v) is 1.96. The molecule has 1 atom stereocenters. The van der Waals surface area contributed by atoms with Crippen molar-refractivity contribution in [2.24, 2.45) is 5.73 Å². The van der Waals surface area contributed by atoms with Gasteiger partial charge in [-0.15, -0.1) is 0 Å². The lowest BCUT2D eigenvalue weighted by molar-refractivity contribution is -0.124. The average molecular weight is 253 g/mol. The van der Waals surface area contributed by atoms with Crippen molar-refractivity contribution in [2.45, 2.75) is 32.4 Å². The minimum Gasteiger partial charge on any atom is -0.368 e. The number of amides is 1. The SMILES string of the molecule is CC(C)c1noc(CN2CCNCC2C(N)=O)n1. The smallest absolute Gasteiger partial charge is 0.240 e. The minimum atomic E-state index is -0.328. The molecule has 1 aliphatic heterocycles. The molecule has 0 saturated carbocycles. The molecule has 0 aromatic carbocycles. The summed E-state index contributed by atoms with van der Waals surface area (Å²) in [6, 6.07) is -0.312. The second-order valence-corrected chi connectivity index (χ2v) is 4.79. The number of rotatable bonds is 4. The quantitative estimate of drug-likeness (QED) is 0.747. The normalized spacial score (nSPS) is 21.4. The Kier molecular flexibility index (Phi) is 3.93. The maximum absolute atomic E-state index is 11.3. The summed E-state index contributed by atoms with van der Waals surface area (Å²) in [7, 11) is 0. The van der Waals surface area contributed by atoms with Crippen LogP contribution >= 0.6 is 0 Å². The van der Waals surface area contributed by atoms with Gasteiger partial charge in [0.1, 0.15) is 6.04 Å². The molecule has 18 heavy (non-hydrogen) atoms. The van der Waals surface area contributed by atoms with Gasteiger partial charge in [0.05, 0.1) is 6.54 Å². The molecule has 0 radical (unpaired) electrons. The van der Waals surface area contributed by atoms with Crippen LogP contribution in [0.5, 0.6) is 0 Å². The molecule has 100 valence electrons. The van der Waals surface area contributed by atoms with E-state index in [1.807, 2.05) is 18.7 Å². The summed E-state index contributed by atoms with van der Waals surface area (Å²) in [6.45, 7) is 6.62. The van der Waals surface area contributed by atoms with E-state index in [-0.39, 0.29) is 17.9 Å². The number of carbonyl (C=O) groups is 1. The standard InChI is InChI=1S/C11H19N5O2/c1-7(2)11-14-9(18-15-11)6-16-4-3-13-5-8(16)10(12)17/h7-8,13H,3-6H2,1-2H3,(H2,12,17). The minimum absolute atomic E-state index is 0.234. The molecule has 1 amide bonds. The third kappa shape index (κ3) is 2.85. The molecular weight excluding hydrogens is 234 g/mol. The summed E-state index contributed by atoms with van der Waals surface area (Å²) in [6.07, 6.45) is 0. The number of hydrogen-bond donors (Lipinski definition) is 2. The van der Waals surface area contributed by atoms with E-state index in [1.165, 1.54) is 0 Å². The van der Waals surface area contributed by atoms with Gasteiger partial charge in [-0.1, -0.05) is 19.0 Å². The molecular formula is C11H19N5O2. The molecule has 0 aliphatic carbocycles. The van der Waals surface area contributed by atoms with Crippen molar-refractivity contribution in [3.05, 3.63) is 11.7 Å². The van der Waals surface area contributed by atoms with Crippen molar-refractivity contribution in [3.8, 4) is 0 Å². The van der Waals surface area contributed by atoms with Gasteiger partial charge in [0, 0.05) is 25.6 Å². The Bertz CT molecular complexity index is 417. The van der Waals surface area contributed by atoms with Gasteiger partial charge in [0.15, 0.2) is 5.82 Å². The molecule has 1 saturated heterocycles. The van der Waals surface area contributed by atoms with E-state index in [9.17, 15) is 4.79 Å². The first-order chi connectivity index (χ1) is 8.58. The van der Waals surface area contributed by atoms with E-state index < -0.39 is 0 Å². The molecule has 1 aliphatic rings. The summed E-state index contributed by atoms with van der Waals surface area (Å²) in [4.78, 5) is 17.6. The van der Waals surface area contributed by atoms with E-state index in [2.05, 4.69) is 15.5 Å². The van der Waals surface area contributed by atoms with Crippen LogP contribution in [0.15, 0.2) is 4.52 Å². The van der Waals surface area contributed by atoms with Crippen molar-refractivity contribution in [1.29, 1.82) is 0 Å². The van der Waals surface area contributed by atoms with Crippen molar-refractivity contribution in [1.82, 2.24) is 20.4 Å². The van der Waals surface area contributed by atoms with Crippen LogP contribution in [0.3, 0.4) is 0 Å². The zero-order valence-electron chi connectivity index (χ0n) is 10.7. The summed E-state index contributed by atoms with van der Waals surface area (Å²) in [5.74, 6) is 1.13. The lowest BCUT2D eigenvalue weighted by Crippen LogP contribution is -2.56. The third-order valence-corrected chi connectivity index (χ3v) is 3.02. The Hall–Kier alpha value is -1.47. The second kappa shape index (κ2) is 5.45. The van der Waals surface area contributed by atoms with Crippen molar-refractivity contribution in [2.75, 3.05) is 19.6 Å². The molecule has 1 unspecified atom stereocenters. The Morgan fingerprint density at radius 1 is 1.67 bits per heavy atom. The zero-order valence-corrected chi connectivity index (χ0v) is 10.7. The molecule has 7 heteroatoms. The van der Waals surface area contributed by atoms with Crippen LogP contribution in [-0.2, 0) is 11.3 Å². The largest absolute Gasteiger partial charge is 0.368 e. The number of nitrogens with zero attached hydrogens (tertiary/aromatic N) is 3. The molecule has 3 N–H and O–H groups in total. The molecule has 7 nitrogen and oxygen atoms in total. The van der Waals surface area contributed by atoms with Crippen LogP contribution in [0.2, 0.25) is 0 Å². The molecule has 0 bridgehead atoms. The summed E-state index contributed by atoms with van der Waals surface area (Å²) in [5.41, 5.74) is 5.38. The van der Waals surface area contributed by atoms with Gasteiger partial charge in [-0.2, -0.15) is 4.98 Å². The average Bonchev–Trinajstić information content (AvgIpc) is 2.78. The first-order valence-electron chi connectivity index (χ1n) is 6.14. The van der Waals surface area contributed by atoms with Crippen molar-refractivity contribution < 1.29 is 9.32 Å². The van der Waals surface area contributed by atoms with Crippen LogP contribution in [0.25, 0.3) is 0 Å². The molecule has 1 aromatic heterocycles. The first kappa shape index (κ1) is 13.0. The monoisotopic (exact) mass is 253 g/mol. The zero-order chi connectivity index (χ0) is 13.1. The van der Waals surface area contributed by atoms with Gasteiger partial charge >= 0.3 is 0 Å². The van der Waals surface area contributed by atoms with Crippen LogP contribution < -0.4 is 11.1 Å². The van der Waals surface area contributed by atoms with E-state index in [0.717, 1.165) is 13.1 Å². The van der Waals surface area contributed by atoms with Gasteiger partial charge in [0.2, 0.25) is 11.8 Å². The summed E-state index contributed by atoms with van der Waals surface area (Å²) < 4.78 is 5.18. The Morgan fingerprint density at radius 3 is 3.06 bits per heavy atom. The van der Waals surface area contributed by atoms with Crippen LogP contribution in [0.1, 0.15) is 31.5 Å². The number of nitrogens with two attached hydrogens (primary N) is 1. The maximum Gasteiger partial charge on any atom is 0.240 e. The fraction of sp³-hybridized carbons (Fsp3) is 0.727. The van der Waals surface area contributed by atoms with E-state index in [1.54, 1.807) is 0 Å². The van der Waals surface area contributed by atoms with E-state index >= 15 is 0 Å². The Morgan fingerprint density at radius 2 is 2.44 bits per heavy atom. The van der Waals surface area contributed by atoms with E-state index in [4.69, 9.17) is 10.3 Å². The number of piperazine rings is 1. The third-order valence-electron chi connectivity index (χ3n) is 3.02. The number of primary amides is 1. The molecule has 2 rings (SSSR count). The van der Waals surface area contributed by atoms with Gasteiger partial charge in [0.25, 0.3) is 0 Å². The fourth-order valence-electron chi connectivity index (χ4n) is 1.96. The highest BCUT2D eigenvalue weighted by atomic mass is 16.5. The Balaban J connectivity index is 2.03. The summed E-state index contributed by atoms with van der Waals surface area (Å²) >= 11 is 0. The number of carbonyl (C=O) groups excluding carboxylic acids is 1.